The van der Waals surface area contributed by atoms with Crippen molar-refractivity contribution in [3.8, 4) is 11.5 Å². The zero-order valence-corrected chi connectivity index (χ0v) is 16.1. The van der Waals surface area contributed by atoms with Gasteiger partial charge in [0.1, 0.15) is 5.69 Å². The zero-order valence-electron chi connectivity index (χ0n) is 16.1. The summed E-state index contributed by atoms with van der Waals surface area (Å²) in [6, 6.07) is 13.6. The van der Waals surface area contributed by atoms with Gasteiger partial charge in [0.05, 0.1) is 16.6 Å². The van der Waals surface area contributed by atoms with Crippen LogP contribution < -0.4 is 0 Å². The molecule has 0 unspecified atom stereocenters. The van der Waals surface area contributed by atoms with Gasteiger partial charge in [0, 0.05) is 30.6 Å². The molecule has 1 amide bonds. The number of benzene rings is 2. The molecule has 0 atom stereocenters. The van der Waals surface area contributed by atoms with Crippen molar-refractivity contribution in [1.29, 1.82) is 0 Å². The molecule has 2 aromatic heterocycles. The Bertz CT molecular complexity index is 1140. The molecular weight excluding hydrogens is 366 g/mol. The van der Waals surface area contributed by atoms with E-state index in [9.17, 15) is 4.79 Å². The average Bonchev–Trinajstić information content (AvgIpc) is 3.37. The predicted octanol–water partition coefficient (Wildman–Crippen LogP) is 3.34. The Hall–Kier alpha value is -3.19. The number of H-pyrrole nitrogens is 2. The fourth-order valence-electron chi connectivity index (χ4n) is 4.19. The van der Waals surface area contributed by atoms with E-state index >= 15 is 0 Å². The van der Waals surface area contributed by atoms with Crippen LogP contribution in [0.1, 0.15) is 29.6 Å². The molecular formula is C22H23N5O2. The van der Waals surface area contributed by atoms with Gasteiger partial charge in [-0.05, 0) is 55.5 Å². The number of aromatic amines is 2. The Kier molecular flexibility index (Phi) is 4.52. The Morgan fingerprint density at radius 2 is 1.97 bits per heavy atom. The molecule has 1 fully saturated rings. The molecule has 0 spiro atoms. The summed E-state index contributed by atoms with van der Waals surface area (Å²) in [5, 5.41) is 17.5. The number of likely N-dealkylation sites (tertiary alicyclic amines) is 1. The first-order chi connectivity index (χ1) is 14.2. The summed E-state index contributed by atoms with van der Waals surface area (Å²) in [5.74, 6) is 1.28. The smallest absolute Gasteiger partial charge is 0.253 e. The minimum Gasteiger partial charge on any atom is -0.396 e. The summed E-state index contributed by atoms with van der Waals surface area (Å²) in [4.78, 5) is 22.8. The predicted molar refractivity (Wildman–Crippen MR) is 112 cm³/mol. The van der Waals surface area contributed by atoms with Crippen molar-refractivity contribution in [2.75, 3.05) is 19.7 Å². The Balaban J connectivity index is 1.40. The number of nitrogens with zero attached hydrogens (tertiary/aromatic N) is 3. The molecule has 3 N–H and O–H groups in total. The van der Waals surface area contributed by atoms with E-state index in [0.29, 0.717) is 17.3 Å². The van der Waals surface area contributed by atoms with E-state index in [1.54, 1.807) is 0 Å². The highest BCUT2D eigenvalue weighted by Crippen LogP contribution is 2.28. The lowest BCUT2D eigenvalue weighted by Gasteiger charge is -2.31. The molecule has 2 aromatic carbocycles. The summed E-state index contributed by atoms with van der Waals surface area (Å²) >= 11 is 0. The van der Waals surface area contributed by atoms with Crippen molar-refractivity contribution in [2.45, 2.75) is 19.3 Å². The van der Waals surface area contributed by atoms with E-state index < -0.39 is 0 Å². The van der Waals surface area contributed by atoms with E-state index in [1.165, 1.54) is 0 Å². The summed E-state index contributed by atoms with van der Waals surface area (Å²) < 4.78 is 0. The third kappa shape index (κ3) is 3.27. The highest BCUT2D eigenvalue weighted by atomic mass is 16.3. The Labute approximate surface area is 167 Å². The van der Waals surface area contributed by atoms with Crippen LogP contribution in [0.4, 0.5) is 0 Å². The first kappa shape index (κ1) is 17.9. The molecule has 0 saturated carbocycles. The first-order valence-corrected chi connectivity index (χ1v) is 10.1. The molecule has 0 bridgehead atoms. The van der Waals surface area contributed by atoms with Crippen LogP contribution in [0.15, 0.2) is 42.5 Å². The van der Waals surface area contributed by atoms with Gasteiger partial charge in [-0.25, -0.2) is 4.98 Å². The van der Waals surface area contributed by atoms with Gasteiger partial charge in [-0.1, -0.05) is 12.1 Å². The number of aromatic nitrogens is 4. The summed E-state index contributed by atoms with van der Waals surface area (Å²) in [5.41, 5.74) is 4.10. The molecule has 7 nitrogen and oxygen atoms in total. The molecule has 0 aliphatic carbocycles. The Morgan fingerprint density at radius 3 is 2.76 bits per heavy atom. The number of aliphatic hydroxyl groups is 1. The number of nitrogens with one attached hydrogen (secondary N) is 2. The second-order valence-corrected chi connectivity index (χ2v) is 7.68. The van der Waals surface area contributed by atoms with Crippen LogP contribution in [0.25, 0.3) is 33.5 Å². The quantitative estimate of drug-likeness (QED) is 0.499. The maximum Gasteiger partial charge on any atom is 0.253 e. The molecule has 29 heavy (non-hydrogen) atoms. The topological polar surface area (TPSA) is 97.9 Å². The number of carbonyl (C=O) groups is 1. The van der Waals surface area contributed by atoms with Crippen LogP contribution in [0, 0.1) is 5.92 Å². The largest absolute Gasteiger partial charge is 0.396 e. The highest BCUT2D eigenvalue weighted by molar-refractivity contribution is 6.00. The SMILES string of the molecule is O=C(c1ccc2c(-c3nc4ccccc4[nH]3)n[nH]c2c1)N1CCC(CCO)CC1. The molecule has 3 heterocycles. The van der Waals surface area contributed by atoms with Gasteiger partial charge in [0.15, 0.2) is 5.82 Å². The summed E-state index contributed by atoms with van der Waals surface area (Å²) in [6.45, 7) is 1.71. The lowest BCUT2D eigenvalue weighted by molar-refractivity contribution is 0.0678. The number of imidazole rings is 1. The number of hydrogen-bond donors (Lipinski definition) is 3. The minimum absolute atomic E-state index is 0.0502. The molecule has 1 aliphatic rings. The van der Waals surface area contributed by atoms with E-state index in [-0.39, 0.29) is 12.5 Å². The number of hydrogen-bond acceptors (Lipinski definition) is 4. The second-order valence-electron chi connectivity index (χ2n) is 7.68. The molecule has 1 aliphatic heterocycles. The van der Waals surface area contributed by atoms with Gasteiger partial charge in [-0.2, -0.15) is 5.10 Å². The zero-order chi connectivity index (χ0) is 19.8. The van der Waals surface area contributed by atoms with Gasteiger partial charge in [-0.3, -0.25) is 9.89 Å². The van der Waals surface area contributed by atoms with Crippen LogP contribution in [0.3, 0.4) is 0 Å². The second kappa shape index (κ2) is 7.33. The molecule has 148 valence electrons. The number of rotatable bonds is 4. The summed E-state index contributed by atoms with van der Waals surface area (Å²) in [6.07, 6.45) is 2.73. The molecule has 1 saturated heterocycles. The van der Waals surface area contributed by atoms with Crippen molar-refractivity contribution >= 4 is 27.8 Å². The fourth-order valence-corrected chi connectivity index (χ4v) is 4.19. The number of amides is 1. The van der Waals surface area contributed by atoms with E-state index in [4.69, 9.17) is 5.11 Å². The van der Waals surface area contributed by atoms with Crippen molar-refractivity contribution in [3.05, 3.63) is 48.0 Å². The first-order valence-electron chi connectivity index (χ1n) is 10.1. The molecule has 4 aromatic rings. The van der Waals surface area contributed by atoms with Crippen LogP contribution in [0.2, 0.25) is 0 Å². The monoisotopic (exact) mass is 389 g/mol. The normalized spacial score (nSPS) is 15.4. The van der Waals surface area contributed by atoms with Crippen LogP contribution in [-0.2, 0) is 0 Å². The van der Waals surface area contributed by atoms with E-state index in [2.05, 4.69) is 20.2 Å². The lowest BCUT2D eigenvalue weighted by atomic mass is 9.93. The van der Waals surface area contributed by atoms with Crippen LogP contribution >= 0.6 is 0 Å². The molecule has 0 radical (unpaired) electrons. The molecule has 7 heteroatoms. The summed E-state index contributed by atoms with van der Waals surface area (Å²) in [7, 11) is 0. The Morgan fingerprint density at radius 1 is 1.14 bits per heavy atom. The maximum atomic E-state index is 12.9. The number of piperidine rings is 1. The van der Waals surface area contributed by atoms with E-state index in [0.717, 1.165) is 60.0 Å². The number of carbonyl (C=O) groups excluding carboxylic acids is 1. The van der Waals surface area contributed by atoms with Gasteiger partial charge in [0.2, 0.25) is 0 Å². The van der Waals surface area contributed by atoms with Crippen LogP contribution in [-0.4, -0.2) is 55.8 Å². The highest BCUT2D eigenvalue weighted by Gasteiger charge is 2.24. The van der Waals surface area contributed by atoms with Crippen molar-refractivity contribution in [3.63, 3.8) is 0 Å². The average molecular weight is 389 g/mol. The van der Waals surface area contributed by atoms with Gasteiger partial charge < -0.3 is 15.0 Å². The van der Waals surface area contributed by atoms with Gasteiger partial charge in [-0.15, -0.1) is 0 Å². The van der Waals surface area contributed by atoms with Crippen molar-refractivity contribution in [1.82, 2.24) is 25.1 Å². The number of para-hydroxylation sites is 2. The van der Waals surface area contributed by atoms with Crippen molar-refractivity contribution < 1.29 is 9.90 Å². The van der Waals surface area contributed by atoms with Gasteiger partial charge >= 0.3 is 0 Å². The number of aliphatic hydroxyl groups excluding tert-OH is 1. The van der Waals surface area contributed by atoms with Gasteiger partial charge in [0.25, 0.3) is 5.91 Å². The third-order valence-electron chi connectivity index (χ3n) is 5.86. The number of fused-ring (bicyclic) bond motifs is 2. The third-order valence-corrected chi connectivity index (χ3v) is 5.86. The standard InChI is InChI=1S/C22H23N5O2/c28-12-9-14-7-10-27(11-8-14)22(29)15-5-6-16-19(13-15)25-26-20(16)21-23-17-3-1-2-4-18(17)24-21/h1-6,13-14,28H,7-12H2,(H,23,24)(H,25,26). The molecule has 5 rings (SSSR count). The van der Waals surface area contributed by atoms with Crippen LogP contribution in [0.5, 0.6) is 0 Å². The fraction of sp³-hybridized carbons (Fsp3) is 0.318. The maximum absolute atomic E-state index is 12.9. The van der Waals surface area contributed by atoms with E-state index in [1.807, 2.05) is 47.4 Å². The van der Waals surface area contributed by atoms with Crippen molar-refractivity contribution in [2.24, 2.45) is 5.92 Å². The lowest BCUT2D eigenvalue weighted by Crippen LogP contribution is -2.38. The minimum atomic E-state index is 0.0502.